The predicted octanol–water partition coefficient (Wildman–Crippen LogP) is 2.62. The Bertz CT molecular complexity index is 775. The lowest BCUT2D eigenvalue weighted by molar-refractivity contribution is -0.137. The SMILES string of the molecule is CNS(=O)(=O)c1ccc(CNc2cc(C(F)(F)F)ccn2)cc1. The number of hydrogen-bond donors (Lipinski definition) is 2. The fourth-order valence-corrected chi connectivity index (χ4v) is 2.53. The molecule has 0 saturated heterocycles. The number of halogens is 3. The highest BCUT2D eigenvalue weighted by molar-refractivity contribution is 7.89. The van der Waals surface area contributed by atoms with Gasteiger partial charge < -0.3 is 5.32 Å². The van der Waals surface area contributed by atoms with E-state index >= 15 is 0 Å². The summed E-state index contributed by atoms with van der Waals surface area (Å²) in [7, 11) is -2.20. The molecular formula is C14H14F3N3O2S. The number of alkyl halides is 3. The molecule has 2 aromatic rings. The lowest BCUT2D eigenvalue weighted by atomic mass is 10.2. The van der Waals surface area contributed by atoms with Crippen LogP contribution in [0.2, 0.25) is 0 Å². The Morgan fingerprint density at radius 3 is 2.35 bits per heavy atom. The van der Waals surface area contributed by atoms with Gasteiger partial charge in [-0.05, 0) is 36.9 Å². The fourth-order valence-electron chi connectivity index (χ4n) is 1.80. The predicted molar refractivity (Wildman–Crippen MR) is 79.3 cm³/mol. The highest BCUT2D eigenvalue weighted by Crippen LogP contribution is 2.29. The van der Waals surface area contributed by atoms with Crippen LogP contribution in [-0.4, -0.2) is 20.4 Å². The molecule has 0 unspecified atom stereocenters. The summed E-state index contributed by atoms with van der Waals surface area (Å²) >= 11 is 0. The Kier molecular flexibility index (Phi) is 4.90. The average molecular weight is 345 g/mol. The first-order valence-corrected chi connectivity index (χ1v) is 8.00. The van der Waals surface area contributed by atoms with Crippen LogP contribution in [-0.2, 0) is 22.7 Å². The molecule has 23 heavy (non-hydrogen) atoms. The van der Waals surface area contributed by atoms with Crippen molar-refractivity contribution in [2.45, 2.75) is 17.6 Å². The maximum atomic E-state index is 12.6. The number of hydrogen-bond acceptors (Lipinski definition) is 4. The largest absolute Gasteiger partial charge is 0.416 e. The Labute approximate surface area is 131 Å². The van der Waals surface area contributed by atoms with E-state index in [0.29, 0.717) is 5.56 Å². The second kappa shape index (κ2) is 6.55. The Morgan fingerprint density at radius 2 is 1.78 bits per heavy atom. The number of nitrogens with one attached hydrogen (secondary N) is 2. The smallest absolute Gasteiger partial charge is 0.366 e. The highest BCUT2D eigenvalue weighted by Gasteiger charge is 2.30. The minimum atomic E-state index is -4.43. The van der Waals surface area contributed by atoms with Crippen LogP contribution in [0.5, 0.6) is 0 Å². The van der Waals surface area contributed by atoms with Crippen LogP contribution in [0.4, 0.5) is 19.0 Å². The first-order valence-electron chi connectivity index (χ1n) is 6.52. The molecule has 0 radical (unpaired) electrons. The van der Waals surface area contributed by atoms with E-state index in [4.69, 9.17) is 0 Å². The van der Waals surface area contributed by atoms with E-state index in [1.165, 1.54) is 19.2 Å². The standard InChI is InChI=1S/C14H14F3N3O2S/c1-18-23(21,22)12-4-2-10(3-5-12)9-20-13-8-11(6-7-19-13)14(15,16)17/h2-8,18H,9H2,1H3,(H,19,20). The molecular weight excluding hydrogens is 331 g/mol. The van der Waals surface area contributed by atoms with Gasteiger partial charge in [0, 0.05) is 12.7 Å². The minimum absolute atomic E-state index is 0.0896. The molecule has 1 aromatic carbocycles. The summed E-state index contributed by atoms with van der Waals surface area (Å²) in [6.07, 6.45) is -3.35. The molecule has 2 rings (SSSR count). The Morgan fingerprint density at radius 1 is 1.13 bits per heavy atom. The molecule has 2 N–H and O–H groups in total. The lowest BCUT2D eigenvalue weighted by Crippen LogP contribution is -2.18. The third-order valence-electron chi connectivity index (χ3n) is 3.06. The van der Waals surface area contributed by atoms with Crippen LogP contribution in [0.1, 0.15) is 11.1 Å². The summed E-state index contributed by atoms with van der Waals surface area (Å²) in [6, 6.07) is 7.79. The zero-order valence-electron chi connectivity index (χ0n) is 12.1. The molecule has 0 aliphatic rings. The molecule has 9 heteroatoms. The van der Waals surface area contributed by atoms with Crippen LogP contribution in [0, 0.1) is 0 Å². The summed E-state index contributed by atoms with van der Waals surface area (Å²) in [6.45, 7) is 0.216. The summed E-state index contributed by atoms with van der Waals surface area (Å²) in [4.78, 5) is 3.93. The molecule has 5 nitrogen and oxygen atoms in total. The first kappa shape index (κ1) is 17.2. The molecule has 124 valence electrons. The summed E-state index contributed by atoms with van der Waals surface area (Å²) in [5.41, 5.74) is -0.0790. The van der Waals surface area contributed by atoms with Gasteiger partial charge in [0.1, 0.15) is 5.82 Å². The molecule has 1 heterocycles. The van der Waals surface area contributed by atoms with Gasteiger partial charge in [-0.25, -0.2) is 18.1 Å². The van der Waals surface area contributed by atoms with E-state index in [1.807, 2.05) is 0 Å². The van der Waals surface area contributed by atoms with E-state index in [1.54, 1.807) is 12.1 Å². The van der Waals surface area contributed by atoms with Gasteiger partial charge in [-0.2, -0.15) is 13.2 Å². The fraction of sp³-hybridized carbons (Fsp3) is 0.214. The molecule has 0 atom stereocenters. The van der Waals surface area contributed by atoms with E-state index in [-0.39, 0.29) is 17.3 Å². The van der Waals surface area contributed by atoms with Crippen LogP contribution < -0.4 is 10.0 Å². The highest BCUT2D eigenvalue weighted by atomic mass is 32.2. The number of sulfonamides is 1. The van der Waals surface area contributed by atoms with Crippen LogP contribution >= 0.6 is 0 Å². The van der Waals surface area contributed by atoms with Gasteiger partial charge in [-0.3, -0.25) is 0 Å². The van der Waals surface area contributed by atoms with Crippen molar-refractivity contribution in [3.8, 4) is 0 Å². The second-order valence-electron chi connectivity index (χ2n) is 4.63. The third-order valence-corrected chi connectivity index (χ3v) is 4.49. The van der Waals surface area contributed by atoms with Crippen molar-refractivity contribution >= 4 is 15.8 Å². The van der Waals surface area contributed by atoms with Crippen molar-refractivity contribution < 1.29 is 21.6 Å². The molecule has 0 aliphatic carbocycles. The number of nitrogens with zero attached hydrogens (tertiary/aromatic N) is 1. The maximum Gasteiger partial charge on any atom is 0.416 e. The molecule has 0 amide bonds. The first-order chi connectivity index (χ1) is 10.7. The maximum absolute atomic E-state index is 12.6. The van der Waals surface area contributed by atoms with Crippen LogP contribution in [0.3, 0.4) is 0 Å². The van der Waals surface area contributed by atoms with Gasteiger partial charge in [0.25, 0.3) is 0 Å². The molecule has 0 spiro atoms. The lowest BCUT2D eigenvalue weighted by Gasteiger charge is -2.10. The summed E-state index contributed by atoms with van der Waals surface area (Å²) in [5, 5.41) is 2.77. The number of rotatable bonds is 5. The van der Waals surface area contributed by atoms with E-state index < -0.39 is 21.8 Å². The van der Waals surface area contributed by atoms with Crippen molar-refractivity contribution in [2.75, 3.05) is 12.4 Å². The Balaban J connectivity index is 2.07. The van der Waals surface area contributed by atoms with Crippen molar-refractivity contribution in [1.29, 1.82) is 0 Å². The van der Waals surface area contributed by atoms with Gasteiger partial charge in [0.15, 0.2) is 0 Å². The third kappa shape index (κ3) is 4.42. The van der Waals surface area contributed by atoms with Gasteiger partial charge >= 0.3 is 6.18 Å². The normalized spacial score (nSPS) is 12.2. The average Bonchev–Trinajstić information content (AvgIpc) is 2.53. The molecule has 1 aromatic heterocycles. The monoisotopic (exact) mass is 345 g/mol. The van der Waals surface area contributed by atoms with Crippen molar-refractivity contribution in [1.82, 2.24) is 9.71 Å². The van der Waals surface area contributed by atoms with Crippen LogP contribution in [0.15, 0.2) is 47.5 Å². The number of anilines is 1. The zero-order valence-corrected chi connectivity index (χ0v) is 12.9. The summed E-state index contributed by atoms with van der Waals surface area (Å²) in [5.74, 6) is 0.0896. The van der Waals surface area contributed by atoms with Gasteiger partial charge in [0.2, 0.25) is 10.0 Å². The van der Waals surface area contributed by atoms with Crippen molar-refractivity contribution in [2.24, 2.45) is 0 Å². The molecule has 0 fully saturated rings. The Hall–Kier alpha value is -2.13. The number of aromatic nitrogens is 1. The number of pyridine rings is 1. The van der Waals surface area contributed by atoms with E-state index in [2.05, 4.69) is 15.0 Å². The zero-order chi connectivity index (χ0) is 17.1. The van der Waals surface area contributed by atoms with Gasteiger partial charge in [-0.1, -0.05) is 12.1 Å². The summed E-state index contributed by atoms with van der Waals surface area (Å²) < 4.78 is 63.2. The van der Waals surface area contributed by atoms with Crippen LogP contribution in [0.25, 0.3) is 0 Å². The quantitative estimate of drug-likeness (QED) is 0.874. The molecule has 0 bridgehead atoms. The molecule has 0 saturated carbocycles. The van der Waals surface area contributed by atoms with Gasteiger partial charge in [-0.15, -0.1) is 0 Å². The van der Waals surface area contributed by atoms with E-state index in [0.717, 1.165) is 18.3 Å². The minimum Gasteiger partial charge on any atom is -0.366 e. The second-order valence-corrected chi connectivity index (χ2v) is 6.52. The van der Waals surface area contributed by atoms with E-state index in [9.17, 15) is 21.6 Å². The van der Waals surface area contributed by atoms with Crippen molar-refractivity contribution in [3.63, 3.8) is 0 Å². The molecule has 0 aliphatic heterocycles. The number of benzene rings is 1. The van der Waals surface area contributed by atoms with Crippen molar-refractivity contribution in [3.05, 3.63) is 53.7 Å². The van der Waals surface area contributed by atoms with Gasteiger partial charge in [0.05, 0.1) is 10.5 Å². The topological polar surface area (TPSA) is 71.1 Å².